The summed E-state index contributed by atoms with van der Waals surface area (Å²) in [6.07, 6.45) is 4.05. The monoisotopic (exact) mass is 322 g/mol. The third-order valence-electron chi connectivity index (χ3n) is 7.15. The molecule has 0 bridgehead atoms. The number of methoxy groups -OCH3 is 1. The van der Waals surface area contributed by atoms with Crippen LogP contribution in [0.4, 0.5) is 0 Å². The Kier molecular flexibility index (Phi) is 3.83. The molecule has 0 amide bonds. The van der Waals surface area contributed by atoms with Crippen LogP contribution in [0.15, 0.2) is 0 Å². The van der Waals surface area contributed by atoms with Crippen LogP contribution in [0.2, 0.25) is 0 Å². The molecule has 6 atom stereocenters. The highest BCUT2D eigenvalue weighted by Crippen LogP contribution is 2.73. The molecule has 23 heavy (non-hydrogen) atoms. The third kappa shape index (κ3) is 2.68. The highest BCUT2D eigenvalue weighted by molar-refractivity contribution is 5.16. The lowest BCUT2D eigenvalue weighted by atomic mass is 9.64. The molecular formula is C21H38O2. The number of rotatable bonds is 2. The van der Waals surface area contributed by atoms with E-state index in [4.69, 9.17) is 9.47 Å². The first kappa shape index (κ1) is 17.7. The maximum atomic E-state index is 6.65. The van der Waals surface area contributed by atoms with Crippen LogP contribution in [0.1, 0.15) is 74.7 Å². The summed E-state index contributed by atoms with van der Waals surface area (Å²) in [6, 6.07) is 0. The van der Waals surface area contributed by atoms with Gasteiger partial charge in [0.25, 0.3) is 0 Å². The topological polar surface area (TPSA) is 18.5 Å². The molecule has 0 radical (unpaired) electrons. The van der Waals surface area contributed by atoms with E-state index in [1.165, 1.54) is 12.8 Å². The molecule has 1 saturated heterocycles. The van der Waals surface area contributed by atoms with Crippen LogP contribution in [-0.4, -0.2) is 19.5 Å². The van der Waals surface area contributed by atoms with Crippen molar-refractivity contribution in [1.82, 2.24) is 0 Å². The Morgan fingerprint density at radius 1 is 0.913 bits per heavy atom. The van der Waals surface area contributed by atoms with Crippen LogP contribution in [-0.2, 0) is 9.47 Å². The van der Waals surface area contributed by atoms with Gasteiger partial charge in [0.1, 0.15) is 0 Å². The molecule has 2 heteroatoms. The second kappa shape index (κ2) is 4.97. The summed E-state index contributed by atoms with van der Waals surface area (Å²) in [5.41, 5.74) is 1.41. The van der Waals surface area contributed by atoms with E-state index in [1.54, 1.807) is 0 Å². The van der Waals surface area contributed by atoms with Crippen LogP contribution in [0, 0.1) is 39.4 Å². The number of hydrogen-bond acceptors (Lipinski definition) is 2. The first-order valence-electron chi connectivity index (χ1n) is 9.49. The second-order valence-corrected chi connectivity index (χ2v) is 11.6. The lowest BCUT2D eigenvalue weighted by molar-refractivity contribution is -0.268. The molecule has 2 aliphatic carbocycles. The summed E-state index contributed by atoms with van der Waals surface area (Å²) < 4.78 is 12.6. The fourth-order valence-electron chi connectivity index (χ4n) is 7.27. The Morgan fingerprint density at radius 3 is 1.91 bits per heavy atom. The van der Waals surface area contributed by atoms with Crippen molar-refractivity contribution >= 4 is 0 Å². The van der Waals surface area contributed by atoms with Crippen LogP contribution < -0.4 is 0 Å². The van der Waals surface area contributed by atoms with Gasteiger partial charge in [-0.1, -0.05) is 55.4 Å². The Hall–Kier alpha value is -0.0800. The van der Waals surface area contributed by atoms with Gasteiger partial charge >= 0.3 is 0 Å². The summed E-state index contributed by atoms with van der Waals surface area (Å²) in [6.45, 7) is 19.4. The molecule has 5 unspecified atom stereocenters. The molecule has 0 aromatic rings. The summed E-state index contributed by atoms with van der Waals surface area (Å²) in [7, 11) is 1.84. The summed E-state index contributed by atoms with van der Waals surface area (Å²) >= 11 is 0. The fraction of sp³-hybridized carbons (Fsp3) is 1.00. The van der Waals surface area contributed by atoms with Gasteiger partial charge in [-0.3, -0.25) is 0 Å². The predicted octanol–water partition coefficient (Wildman–Crippen LogP) is 5.51. The van der Waals surface area contributed by atoms with Crippen LogP contribution in [0.25, 0.3) is 0 Å². The van der Waals surface area contributed by atoms with Crippen molar-refractivity contribution in [2.75, 3.05) is 7.11 Å². The SMILES string of the molecule is COC1OC(CC(C)(C)C)C2C3C1C(C)(C)C[C@]3(C)CC2(C)C. The van der Waals surface area contributed by atoms with Crippen molar-refractivity contribution in [3.05, 3.63) is 0 Å². The van der Waals surface area contributed by atoms with E-state index in [-0.39, 0.29) is 6.29 Å². The molecule has 134 valence electrons. The lowest BCUT2D eigenvalue weighted by Gasteiger charge is -2.51. The first-order valence-corrected chi connectivity index (χ1v) is 9.49. The highest BCUT2D eigenvalue weighted by atomic mass is 16.7. The van der Waals surface area contributed by atoms with Gasteiger partial charge < -0.3 is 9.47 Å². The molecule has 0 N–H and O–H groups in total. The van der Waals surface area contributed by atoms with E-state index in [0.29, 0.717) is 39.6 Å². The number of hydrogen-bond donors (Lipinski definition) is 0. The van der Waals surface area contributed by atoms with E-state index in [9.17, 15) is 0 Å². The minimum atomic E-state index is -0.0330. The van der Waals surface area contributed by atoms with E-state index in [1.807, 2.05) is 7.11 Å². The van der Waals surface area contributed by atoms with Crippen molar-refractivity contribution in [2.24, 2.45) is 39.4 Å². The zero-order valence-electron chi connectivity index (χ0n) is 16.8. The normalized spacial score (nSPS) is 47.6. The van der Waals surface area contributed by atoms with Crippen molar-refractivity contribution in [3.63, 3.8) is 0 Å². The molecule has 0 aromatic carbocycles. The van der Waals surface area contributed by atoms with Gasteiger partial charge in [-0.25, -0.2) is 0 Å². The molecule has 0 aromatic heterocycles. The van der Waals surface area contributed by atoms with Gasteiger partial charge in [0.15, 0.2) is 6.29 Å². The molecule has 2 nitrogen and oxygen atoms in total. The molecule has 3 fully saturated rings. The molecule has 3 rings (SSSR count). The van der Waals surface area contributed by atoms with Crippen molar-refractivity contribution < 1.29 is 9.47 Å². The van der Waals surface area contributed by atoms with Gasteiger partial charge in [0, 0.05) is 13.0 Å². The average molecular weight is 323 g/mol. The van der Waals surface area contributed by atoms with Gasteiger partial charge in [0.2, 0.25) is 0 Å². The van der Waals surface area contributed by atoms with Gasteiger partial charge in [-0.15, -0.1) is 0 Å². The minimum Gasteiger partial charge on any atom is -0.356 e. The van der Waals surface area contributed by atoms with E-state index in [2.05, 4.69) is 55.4 Å². The zero-order valence-corrected chi connectivity index (χ0v) is 16.8. The zero-order chi connectivity index (χ0) is 17.4. The fourth-order valence-corrected chi connectivity index (χ4v) is 7.27. The lowest BCUT2D eigenvalue weighted by Crippen LogP contribution is -2.53. The van der Waals surface area contributed by atoms with E-state index < -0.39 is 0 Å². The third-order valence-corrected chi connectivity index (χ3v) is 7.15. The van der Waals surface area contributed by atoms with Gasteiger partial charge in [-0.05, 0) is 52.8 Å². The average Bonchev–Trinajstić information content (AvgIpc) is 2.64. The molecule has 1 heterocycles. The summed E-state index contributed by atoms with van der Waals surface area (Å²) in [5.74, 6) is 1.92. The Morgan fingerprint density at radius 2 is 1.43 bits per heavy atom. The Balaban J connectivity index is 2.04. The summed E-state index contributed by atoms with van der Waals surface area (Å²) in [4.78, 5) is 0. The Bertz CT molecular complexity index is 473. The molecule has 1 aliphatic heterocycles. The van der Waals surface area contributed by atoms with E-state index >= 15 is 0 Å². The maximum Gasteiger partial charge on any atom is 0.161 e. The Labute approximate surface area is 143 Å². The van der Waals surface area contributed by atoms with Gasteiger partial charge in [-0.2, -0.15) is 0 Å². The number of ether oxygens (including phenoxy) is 2. The molecular weight excluding hydrogens is 284 g/mol. The minimum absolute atomic E-state index is 0.0330. The molecule has 3 aliphatic rings. The van der Waals surface area contributed by atoms with Gasteiger partial charge in [0.05, 0.1) is 6.10 Å². The van der Waals surface area contributed by atoms with E-state index in [0.717, 1.165) is 12.3 Å². The van der Waals surface area contributed by atoms with Crippen LogP contribution >= 0.6 is 0 Å². The smallest absolute Gasteiger partial charge is 0.161 e. The van der Waals surface area contributed by atoms with Crippen LogP contribution in [0.3, 0.4) is 0 Å². The van der Waals surface area contributed by atoms with Crippen molar-refractivity contribution in [2.45, 2.75) is 87.0 Å². The highest BCUT2D eigenvalue weighted by Gasteiger charge is 2.70. The van der Waals surface area contributed by atoms with Crippen molar-refractivity contribution in [1.29, 1.82) is 0 Å². The largest absolute Gasteiger partial charge is 0.356 e. The summed E-state index contributed by atoms with van der Waals surface area (Å²) in [5, 5.41) is 0. The standard InChI is InChI=1S/C21H38O2/c1-18(2,3)10-13-14-15-16(17(22-9)23-13)20(6,7)12-21(15,8)11-19(14,4)5/h13-17H,10-12H2,1-9H3/t13?,14?,15?,16?,17?,21-/m0/s1. The van der Waals surface area contributed by atoms with Crippen molar-refractivity contribution in [3.8, 4) is 0 Å². The first-order chi connectivity index (χ1) is 10.3. The van der Waals surface area contributed by atoms with Crippen LogP contribution in [0.5, 0.6) is 0 Å². The second-order valence-electron chi connectivity index (χ2n) is 11.6. The predicted molar refractivity (Wildman–Crippen MR) is 95.1 cm³/mol. The molecule has 2 saturated carbocycles. The maximum absolute atomic E-state index is 6.65. The molecule has 0 spiro atoms. The quantitative estimate of drug-likeness (QED) is 0.667.